The van der Waals surface area contributed by atoms with Gasteiger partial charge >= 0.3 is 6.18 Å². The van der Waals surface area contributed by atoms with Crippen LogP contribution in [0.3, 0.4) is 0 Å². The Morgan fingerprint density at radius 3 is 2.62 bits per heavy atom. The van der Waals surface area contributed by atoms with E-state index in [0.29, 0.717) is 18.4 Å². The van der Waals surface area contributed by atoms with Gasteiger partial charge in [0.05, 0.1) is 17.0 Å². The summed E-state index contributed by atoms with van der Waals surface area (Å²) in [5.41, 5.74) is -0.219. The Morgan fingerprint density at radius 1 is 1.19 bits per heavy atom. The SMILES string of the molecule is Cc1cccc(O[C@H]2CCN(S(=O)(=O)c3cccc(C(F)(F)F)c3)C2)n1. The molecule has 2 aromatic rings. The van der Waals surface area contributed by atoms with Crippen LogP contribution in [0.1, 0.15) is 17.7 Å². The quantitative estimate of drug-likeness (QED) is 0.809. The Hall–Kier alpha value is -2.13. The van der Waals surface area contributed by atoms with Gasteiger partial charge in [0, 0.05) is 18.3 Å². The number of halogens is 3. The Labute approximate surface area is 149 Å². The molecule has 1 aliphatic rings. The summed E-state index contributed by atoms with van der Waals surface area (Å²) in [4.78, 5) is 3.83. The molecule has 0 unspecified atom stereocenters. The van der Waals surface area contributed by atoms with Gasteiger partial charge in [0.1, 0.15) is 6.10 Å². The normalized spacial score (nSPS) is 18.8. The number of benzene rings is 1. The molecule has 0 saturated carbocycles. The van der Waals surface area contributed by atoms with Gasteiger partial charge in [0.25, 0.3) is 0 Å². The minimum absolute atomic E-state index is 0.0637. The Kier molecular flexibility index (Phi) is 4.94. The minimum Gasteiger partial charge on any atom is -0.473 e. The molecule has 0 N–H and O–H groups in total. The minimum atomic E-state index is -4.60. The van der Waals surface area contributed by atoms with Gasteiger partial charge in [-0.1, -0.05) is 12.1 Å². The zero-order chi connectivity index (χ0) is 18.9. The van der Waals surface area contributed by atoms with E-state index < -0.39 is 27.9 Å². The van der Waals surface area contributed by atoms with Crippen LogP contribution in [0.5, 0.6) is 5.88 Å². The topological polar surface area (TPSA) is 59.5 Å². The number of aromatic nitrogens is 1. The van der Waals surface area contributed by atoms with E-state index in [9.17, 15) is 21.6 Å². The van der Waals surface area contributed by atoms with Crippen molar-refractivity contribution in [3.8, 4) is 5.88 Å². The first-order chi connectivity index (χ1) is 12.2. The summed E-state index contributed by atoms with van der Waals surface area (Å²) in [6, 6.07) is 9.04. The van der Waals surface area contributed by atoms with Crippen molar-refractivity contribution < 1.29 is 26.3 Å². The number of aryl methyl sites for hydroxylation is 1. The summed E-state index contributed by atoms with van der Waals surface area (Å²) in [7, 11) is -4.02. The fraction of sp³-hybridized carbons (Fsp3) is 0.353. The molecule has 0 radical (unpaired) electrons. The van der Waals surface area contributed by atoms with Gasteiger partial charge in [-0.05, 0) is 37.6 Å². The fourth-order valence-corrected chi connectivity index (χ4v) is 4.28. The van der Waals surface area contributed by atoms with E-state index in [2.05, 4.69) is 4.98 Å². The first-order valence-electron chi connectivity index (χ1n) is 7.94. The highest BCUT2D eigenvalue weighted by molar-refractivity contribution is 7.89. The summed E-state index contributed by atoms with van der Waals surface area (Å²) in [5, 5.41) is 0. The Morgan fingerprint density at radius 2 is 1.92 bits per heavy atom. The van der Waals surface area contributed by atoms with Crippen molar-refractivity contribution in [3.05, 3.63) is 53.7 Å². The number of nitrogens with zero attached hydrogens (tertiary/aromatic N) is 2. The van der Waals surface area contributed by atoms with Crippen LogP contribution in [0.2, 0.25) is 0 Å². The number of rotatable bonds is 4. The van der Waals surface area contributed by atoms with E-state index in [4.69, 9.17) is 4.74 Å². The number of hydrogen-bond acceptors (Lipinski definition) is 4. The fourth-order valence-electron chi connectivity index (χ4n) is 2.75. The smallest absolute Gasteiger partial charge is 0.416 e. The third-order valence-corrected chi connectivity index (χ3v) is 5.92. The maximum Gasteiger partial charge on any atom is 0.416 e. The molecule has 26 heavy (non-hydrogen) atoms. The molecule has 0 spiro atoms. The predicted octanol–water partition coefficient (Wildman–Crippen LogP) is 3.25. The highest BCUT2D eigenvalue weighted by atomic mass is 32.2. The van der Waals surface area contributed by atoms with Gasteiger partial charge in [0.15, 0.2) is 0 Å². The molecule has 1 atom stereocenters. The van der Waals surface area contributed by atoms with E-state index in [1.165, 1.54) is 6.07 Å². The van der Waals surface area contributed by atoms with Crippen LogP contribution >= 0.6 is 0 Å². The lowest BCUT2D eigenvalue weighted by atomic mass is 10.2. The highest BCUT2D eigenvalue weighted by Crippen LogP contribution is 2.32. The number of ether oxygens (including phenoxy) is 1. The number of hydrogen-bond donors (Lipinski definition) is 0. The van der Waals surface area contributed by atoms with Crippen molar-refractivity contribution in [3.63, 3.8) is 0 Å². The van der Waals surface area contributed by atoms with Gasteiger partial charge in [-0.2, -0.15) is 17.5 Å². The maximum absolute atomic E-state index is 12.8. The first kappa shape index (κ1) is 18.7. The molecule has 1 aromatic heterocycles. The van der Waals surface area contributed by atoms with Crippen LogP contribution in [0.4, 0.5) is 13.2 Å². The largest absolute Gasteiger partial charge is 0.473 e. The van der Waals surface area contributed by atoms with Crippen LogP contribution in [-0.4, -0.2) is 36.9 Å². The lowest BCUT2D eigenvalue weighted by molar-refractivity contribution is -0.137. The van der Waals surface area contributed by atoms with Crippen molar-refractivity contribution in [1.82, 2.24) is 9.29 Å². The first-order valence-corrected chi connectivity index (χ1v) is 9.38. The van der Waals surface area contributed by atoms with E-state index >= 15 is 0 Å². The van der Waals surface area contributed by atoms with E-state index in [-0.39, 0.29) is 18.0 Å². The van der Waals surface area contributed by atoms with Crippen LogP contribution in [0.25, 0.3) is 0 Å². The average molecular weight is 386 g/mol. The number of pyridine rings is 1. The number of alkyl halides is 3. The molecule has 5 nitrogen and oxygen atoms in total. The standard InChI is InChI=1S/C17H17F3N2O3S/c1-12-4-2-7-16(21-12)25-14-8-9-22(11-14)26(23,24)15-6-3-5-13(10-15)17(18,19)20/h2-7,10,14H,8-9,11H2,1H3/t14-/m0/s1. The zero-order valence-corrected chi connectivity index (χ0v) is 14.7. The molecule has 9 heteroatoms. The highest BCUT2D eigenvalue weighted by Gasteiger charge is 2.36. The van der Waals surface area contributed by atoms with Crippen LogP contribution in [0, 0.1) is 6.92 Å². The Bertz CT molecular complexity index is 900. The van der Waals surface area contributed by atoms with Crippen molar-refractivity contribution in [2.24, 2.45) is 0 Å². The van der Waals surface area contributed by atoms with Gasteiger partial charge in [-0.15, -0.1) is 0 Å². The van der Waals surface area contributed by atoms with Crippen molar-refractivity contribution in [2.75, 3.05) is 13.1 Å². The molecule has 1 saturated heterocycles. The third-order valence-electron chi connectivity index (χ3n) is 4.06. The van der Waals surface area contributed by atoms with Crippen LogP contribution in [0.15, 0.2) is 47.4 Å². The molecule has 1 fully saturated rings. The van der Waals surface area contributed by atoms with Gasteiger partial charge in [-0.25, -0.2) is 13.4 Å². The van der Waals surface area contributed by atoms with E-state index in [1.807, 2.05) is 13.0 Å². The van der Waals surface area contributed by atoms with Crippen molar-refractivity contribution in [1.29, 1.82) is 0 Å². The second kappa shape index (κ2) is 6.88. The van der Waals surface area contributed by atoms with Gasteiger partial charge < -0.3 is 4.74 Å². The van der Waals surface area contributed by atoms with Crippen LogP contribution < -0.4 is 4.74 Å². The second-order valence-electron chi connectivity index (χ2n) is 6.03. The zero-order valence-electron chi connectivity index (χ0n) is 13.9. The summed E-state index contributed by atoms with van der Waals surface area (Å²) in [6.45, 7) is 2.05. The lowest BCUT2D eigenvalue weighted by Crippen LogP contribution is -2.31. The summed E-state index contributed by atoms with van der Waals surface area (Å²) < 4.78 is 70.7. The van der Waals surface area contributed by atoms with Crippen molar-refractivity contribution >= 4 is 10.0 Å². The predicted molar refractivity (Wildman–Crippen MR) is 88.2 cm³/mol. The Balaban J connectivity index is 1.75. The maximum atomic E-state index is 12.8. The average Bonchev–Trinajstić information content (AvgIpc) is 3.03. The summed E-state index contributed by atoms with van der Waals surface area (Å²) in [5.74, 6) is 0.397. The third kappa shape index (κ3) is 3.99. The molecular formula is C17H17F3N2O3S. The lowest BCUT2D eigenvalue weighted by Gasteiger charge is -2.18. The molecule has 0 bridgehead atoms. The van der Waals surface area contributed by atoms with E-state index in [1.54, 1.807) is 12.1 Å². The van der Waals surface area contributed by atoms with Gasteiger partial charge in [0.2, 0.25) is 15.9 Å². The molecule has 140 valence electrons. The monoisotopic (exact) mass is 386 g/mol. The molecule has 3 rings (SSSR count). The molecule has 1 aliphatic heterocycles. The summed E-state index contributed by atoms with van der Waals surface area (Å²) >= 11 is 0. The molecule has 2 heterocycles. The summed E-state index contributed by atoms with van der Waals surface area (Å²) in [6.07, 6.45) is -4.56. The van der Waals surface area contributed by atoms with E-state index in [0.717, 1.165) is 22.1 Å². The molecule has 0 aliphatic carbocycles. The molecule has 1 aromatic carbocycles. The number of sulfonamides is 1. The van der Waals surface area contributed by atoms with Gasteiger partial charge in [-0.3, -0.25) is 0 Å². The molecular weight excluding hydrogens is 369 g/mol. The second-order valence-corrected chi connectivity index (χ2v) is 7.97. The van der Waals surface area contributed by atoms with Crippen molar-refractivity contribution in [2.45, 2.75) is 30.5 Å². The van der Waals surface area contributed by atoms with Crippen LogP contribution in [-0.2, 0) is 16.2 Å². The molecule has 0 amide bonds.